The Labute approximate surface area is 198 Å². The van der Waals surface area contributed by atoms with Gasteiger partial charge in [-0.15, -0.1) is 0 Å². The molecular weight excluding hydrogens is 402 g/mol. The number of hydrogen-bond donors (Lipinski definition) is 0. The molecule has 2 nitrogen and oxygen atoms in total. The second-order valence-corrected chi connectivity index (χ2v) is 8.38. The zero-order chi connectivity index (χ0) is 23.0. The van der Waals surface area contributed by atoms with Gasteiger partial charge in [-0.1, -0.05) is 80.6 Å². The largest absolute Gasteiger partial charge is 0.492 e. The molecule has 0 aliphatic rings. The molecule has 0 aliphatic heterocycles. The van der Waals surface area contributed by atoms with E-state index in [1.54, 1.807) is 0 Å². The first kappa shape index (κ1) is 22.8. The first-order chi connectivity index (χ1) is 16.2. The lowest BCUT2D eigenvalue weighted by Gasteiger charge is -2.18. The van der Waals surface area contributed by atoms with Gasteiger partial charge in [-0.2, -0.15) is 0 Å². The predicted octanol–water partition coefficient (Wildman–Crippen LogP) is 7.72. The number of benzene rings is 4. The standard InChI is InChI=1S/C31H33NO/c1-4-32(5-2)19-20-33-30-17-15-26(16-18-30)28-21-27(25-12-7-6-8-13-25)22-29(23-28)31-14-10-9-11-24(31)3/h6-18,21-23H,4-5,19-20H2,1-3H3. The second kappa shape index (κ2) is 11.0. The summed E-state index contributed by atoms with van der Waals surface area (Å²) < 4.78 is 5.99. The van der Waals surface area contributed by atoms with Crippen molar-refractivity contribution in [1.82, 2.24) is 4.90 Å². The Kier molecular flexibility index (Phi) is 7.59. The van der Waals surface area contributed by atoms with Crippen molar-refractivity contribution in [3.63, 3.8) is 0 Å². The Balaban J connectivity index is 1.64. The minimum Gasteiger partial charge on any atom is -0.492 e. The van der Waals surface area contributed by atoms with Gasteiger partial charge in [0.15, 0.2) is 0 Å². The minimum absolute atomic E-state index is 0.710. The molecule has 4 aromatic rings. The average molecular weight is 436 g/mol. The molecule has 0 saturated carbocycles. The molecule has 0 saturated heterocycles. The van der Waals surface area contributed by atoms with E-state index in [1.807, 2.05) is 0 Å². The summed E-state index contributed by atoms with van der Waals surface area (Å²) in [6.45, 7) is 10.3. The summed E-state index contributed by atoms with van der Waals surface area (Å²) in [4.78, 5) is 2.37. The first-order valence-corrected chi connectivity index (χ1v) is 11.9. The zero-order valence-electron chi connectivity index (χ0n) is 19.9. The third-order valence-corrected chi connectivity index (χ3v) is 6.25. The van der Waals surface area contributed by atoms with Crippen molar-refractivity contribution in [3.05, 3.63) is 103 Å². The number of nitrogens with zero attached hydrogens (tertiary/aromatic N) is 1. The molecular formula is C31H33NO. The monoisotopic (exact) mass is 435 g/mol. The van der Waals surface area contributed by atoms with Crippen LogP contribution >= 0.6 is 0 Å². The van der Waals surface area contributed by atoms with E-state index in [-0.39, 0.29) is 0 Å². The highest BCUT2D eigenvalue weighted by molar-refractivity contribution is 5.82. The molecule has 2 heteroatoms. The predicted molar refractivity (Wildman–Crippen MR) is 141 cm³/mol. The highest BCUT2D eigenvalue weighted by Gasteiger charge is 2.09. The normalized spacial score (nSPS) is 11.0. The van der Waals surface area contributed by atoms with Gasteiger partial charge in [0, 0.05) is 6.54 Å². The minimum atomic E-state index is 0.710. The van der Waals surface area contributed by atoms with E-state index >= 15 is 0 Å². The Morgan fingerprint density at radius 3 is 1.82 bits per heavy atom. The Morgan fingerprint density at radius 1 is 0.606 bits per heavy atom. The third-order valence-electron chi connectivity index (χ3n) is 6.25. The third kappa shape index (κ3) is 5.71. The number of likely N-dealkylation sites (N-methyl/N-ethyl adjacent to an activating group) is 1. The second-order valence-electron chi connectivity index (χ2n) is 8.38. The summed E-state index contributed by atoms with van der Waals surface area (Å²) in [5.41, 5.74) is 8.65. The highest BCUT2D eigenvalue weighted by atomic mass is 16.5. The van der Waals surface area contributed by atoms with Crippen LogP contribution in [0.5, 0.6) is 5.75 Å². The van der Waals surface area contributed by atoms with E-state index in [0.717, 1.165) is 25.4 Å². The van der Waals surface area contributed by atoms with Crippen molar-refractivity contribution in [1.29, 1.82) is 0 Å². The molecule has 0 unspecified atom stereocenters. The number of ether oxygens (including phenoxy) is 1. The average Bonchev–Trinajstić information content (AvgIpc) is 2.87. The smallest absolute Gasteiger partial charge is 0.119 e. The van der Waals surface area contributed by atoms with Gasteiger partial charge in [0.25, 0.3) is 0 Å². The summed E-state index contributed by atoms with van der Waals surface area (Å²) in [7, 11) is 0. The molecule has 0 heterocycles. The summed E-state index contributed by atoms with van der Waals surface area (Å²) in [5.74, 6) is 0.921. The maximum Gasteiger partial charge on any atom is 0.119 e. The molecule has 0 N–H and O–H groups in total. The van der Waals surface area contributed by atoms with Crippen LogP contribution in [0.25, 0.3) is 33.4 Å². The molecule has 33 heavy (non-hydrogen) atoms. The Hall–Kier alpha value is -3.36. The summed E-state index contributed by atoms with van der Waals surface area (Å²) in [6.07, 6.45) is 0. The fourth-order valence-corrected chi connectivity index (χ4v) is 4.22. The topological polar surface area (TPSA) is 12.5 Å². The van der Waals surface area contributed by atoms with Crippen LogP contribution < -0.4 is 4.74 Å². The van der Waals surface area contributed by atoms with E-state index in [0.29, 0.717) is 6.61 Å². The van der Waals surface area contributed by atoms with Crippen LogP contribution in [0.15, 0.2) is 97.1 Å². The molecule has 168 valence electrons. The van der Waals surface area contributed by atoms with Gasteiger partial charge >= 0.3 is 0 Å². The molecule has 4 aromatic carbocycles. The van der Waals surface area contributed by atoms with Crippen molar-refractivity contribution < 1.29 is 4.74 Å². The van der Waals surface area contributed by atoms with E-state index < -0.39 is 0 Å². The maximum absolute atomic E-state index is 5.99. The van der Waals surface area contributed by atoms with Crippen LogP contribution in [-0.2, 0) is 0 Å². The van der Waals surface area contributed by atoms with Gasteiger partial charge in [-0.25, -0.2) is 0 Å². The lowest BCUT2D eigenvalue weighted by atomic mass is 9.92. The van der Waals surface area contributed by atoms with Gasteiger partial charge in [0.05, 0.1) is 0 Å². The quantitative estimate of drug-likeness (QED) is 0.267. The SMILES string of the molecule is CCN(CC)CCOc1ccc(-c2cc(-c3ccccc3)cc(-c3ccccc3C)c2)cc1. The summed E-state index contributed by atoms with van der Waals surface area (Å²) >= 11 is 0. The van der Waals surface area contributed by atoms with Crippen LogP contribution in [0.2, 0.25) is 0 Å². The Bertz CT molecular complexity index is 1160. The van der Waals surface area contributed by atoms with Gasteiger partial charge in [-0.3, -0.25) is 0 Å². The number of rotatable bonds is 9. The van der Waals surface area contributed by atoms with E-state index in [1.165, 1.54) is 38.9 Å². The van der Waals surface area contributed by atoms with E-state index in [9.17, 15) is 0 Å². The molecule has 0 bridgehead atoms. The molecule has 0 spiro atoms. The summed E-state index contributed by atoms with van der Waals surface area (Å²) in [6, 6.07) is 34.6. The van der Waals surface area contributed by atoms with Crippen molar-refractivity contribution >= 4 is 0 Å². The molecule has 0 radical (unpaired) electrons. The maximum atomic E-state index is 5.99. The summed E-state index contributed by atoms with van der Waals surface area (Å²) in [5, 5.41) is 0. The lowest BCUT2D eigenvalue weighted by Crippen LogP contribution is -2.27. The van der Waals surface area contributed by atoms with Crippen LogP contribution in [0.1, 0.15) is 19.4 Å². The molecule has 0 aliphatic carbocycles. The van der Waals surface area contributed by atoms with Crippen LogP contribution in [0.3, 0.4) is 0 Å². The lowest BCUT2D eigenvalue weighted by molar-refractivity contribution is 0.223. The van der Waals surface area contributed by atoms with Gasteiger partial charge < -0.3 is 9.64 Å². The van der Waals surface area contributed by atoms with Gasteiger partial charge in [-0.05, 0) is 89.3 Å². The van der Waals surface area contributed by atoms with E-state index in [2.05, 4.69) is 123 Å². The van der Waals surface area contributed by atoms with E-state index in [4.69, 9.17) is 4.74 Å². The van der Waals surface area contributed by atoms with Crippen molar-refractivity contribution in [2.24, 2.45) is 0 Å². The first-order valence-electron chi connectivity index (χ1n) is 11.9. The fourth-order valence-electron chi connectivity index (χ4n) is 4.22. The Morgan fingerprint density at radius 2 is 1.18 bits per heavy atom. The van der Waals surface area contributed by atoms with Crippen molar-refractivity contribution in [2.75, 3.05) is 26.2 Å². The molecule has 0 atom stereocenters. The molecule has 4 rings (SSSR count). The number of hydrogen-bond acceptors (Lipinski definition) is 2. The van der Waals surface area contributed by atoms with Crippen molar-refractivity contribution in [3.8, 4) is 39.1 Å². The molecule has 0 fully saturated rings. The van der Waals surface area contributed by atoms with Crippen LogP contribution in [0.4, 0.5) is 0 Å². The van der Waals surface area contributed by atoms with Gasteiger partial charge in [0.2, 0.25) is 0 Å². The molecule has 0 aromatic heterocycles. The highest BCUT2D eigenvalue weighted by Crippen LogP contribution is 2.34. The molecule has 0 amide bonds. The van der Waals surface area contributed by atoms with Crippen LogP contribution in [0, 0.1) is 6.92 Å². The number of aryl methyl sites for hydroxylation is 1. The zero-order valence-corrected chi connectivity index (χ0v) is 19.9. The van der Waals surface area contributed by atoms with Crippen LogP contribution in [-0.4, -0.2) is 31.1 Å². The van der Waals surface area contributed by atoms with Gasteiger partial charge in [0.1, 0.15) is 12.4 Å². The fraction of sp³-hybridized carbons (Fsp3) is 0.226. The van der Waals surface area contributed by atoms with Crippen molar-refractivity contribution in [2.45, 2.75) is 20.8 Å².